The summed E-state index contributed by atoms with van der Waals surface area (Å²) in [6, 6.07) is 11.6. The second-order valence-corrected chi connectivity index (χ2v) is 6.17. The molecule has 1 saturated carbocycles. The molecule has 6 heteroatoms. The van der Waals surface area contributed by atoms with Gasteiger partial charge in [-0.1, -0.05) is 30.3 Å². The Labute approximate surface area is 144 Å². The molecule has 1 aliphatic rings. The van der Waals surface area contributed by atoms with E-state index in [4.69, 9.17) is 0 Å². The van der Waals surface area contributed by atoms with Gasteiger partial charge in [-0.05, 0) is 29.9 Å². The maximum absolute atomic E-state index is 13.9. The number of nitrogens with zero attached hydrogens (tertiary/aromatic N) is 2. The first kappa shape index (κ1) is 15.5. The summed E-state index contributed by atoms with van der Waals surface area (Å²) in [5, 5.41) is 7.36. The minimum Gasteiger partial charge on any atom is -0.373 e. The molecule has 1 fully saturated rings. The summed E-state index contributed by atoms with van der Waals surface area (Å²) < 4.78 is 13.9. The first-order chi connectivity index (χ1) is 12.1. The van der Waals surface area contributed by atoms with Gasteiger partial charge in [0.25, 0.3) is 5.91 Å². The van der Waals surface area contributed by atoms with Crippen LogP contribution in [0.1, 0.15) is 12.8 Å². The molecule has 3 aromatic rings. The summed E-state index contributed by atoms with van der Waals surface area (Å²) in [7, 11) is 1.79. The number of halogens is 1. The first-order valence-corrected chi connectivity index (χ1v) is 8.13. The molecule has 0 atom stereocenters. The summed E-state index contributed by atoms with van der Waals surface area (Å²) in [6.45, 7) is 0. The van der Waals surface area contributed by atoms with E-state index in [9.17, 15) is 9.18 Å². The van der Waals surface area contributed by atoms with Gasteiger partial charge in [0.15, 0.2) is 5.67 Å². The van der Waals surface area contributed by atoms with Crippen LogP contribution in [0.25, 0.3) is 21.9 Å². The number of carbonyl (C=O) groups excluding carboxylic acids is 1. The average molecular weight is 336 g/mol. The van der Waals surface area contributed by atoms with Gasteiger partial charge in [0.1, 0.15) is 11.6 Å². The third-order valence-corrected chi connectivity index (χ3v) is 4.43. The van der Waals surface area contributed by atoms with Crippen LogP contribution >= 0.6 is 0 Å². The highest BCUT2D eigenvalue weighted by molar-refractivity contribution is 6.04. The van der Waals surface area contributed by atoms with Crippen molar-refractivity contribution >= 4 is 28.3 Å². The molecule has 2 N–H and O–H groups in total. The molecule has 2 heterocycles. The second kappa shape index (κ2) is 5.81. The molecule has 4 rings (SSSR count). The lowest BCUT2D eigenvalue weighted by molar-refractivity contribution is -0.122. The Morgan fingerprint density at radius 1 is 1.12 bits per heavy atom. The molecule has 5 nitrogen and oxygen atoms in total. The Morgan fingerprint density at radius 2 is 1.88 bits per heavy atom. The van der Waals surface area contributed by atoms with Gasteiger partial charge in [0, 0.05) is 30.4 Å². The standard InChI is InChI=1S/C19H17FN4O/c1-21-17-15-11-22-16(24-18(25)19(20)7-8-19)9-13(15)14(10-23-17)12-5-3-2-4-6-12/h2-6,9-11H,7-8H2,1H3,(H,21,23)(H,22,24,25). The van der Waals surface area contributed by atoms with Crippen molar-refractivity contribution in [3.8, 4) is 11.1 Å². The van der Waals surface area contributed by atoms with Crippen molar-refractivity contribution in [1.29, 1.82) is 0 Å². The number of nitrogens with one attached hydrogen (secondary N) is 2. The fourth-order valence-corrected chi connectivity index (χ4v) is 2.82. The molecular formula is C19H17FN4O. The van der Waals surface area contributed by atoms with Gasteiger partial charge >= 0.3 is 0 Å². The number of rotatable bonds is 4. The molecule has 1 amide bonds. The van der Waals surface area contributed by atoms with Crippen LogP contribution in [0, 0.1) is 0 Å². The van der Waals surface area contributed by atoms with Crippen LogP contribution in [-0.2, 0) is 4.79 Å². The second-order valence-electron chi connectivity index (χ2n) is 6.17. The maximum atomic E-state index is 13.9. The van der Waals surface area contributed by atoms with E-state index in [0.717, 1.165) is 21.9 Å². The van der Waals surface area contributed by atoms with Crippen molar-refractivity contribution < 1.29 is 9.18 Å². The largest absolute Gasteiger partial charge is 0.373 e. The maximum Gasteiger partial charge on any atom is 0.263 e. The third-order valence-electron chi connectivity index (χ3n) is 4.43. The monoisotopic (exact) mass is 336 g/mol. The van der Waals surface area contributed by atoms with E-state index in [1.165, 1.54) is 0 Å². The first-order valence-electron chi connectivity index (χ1n) is 8.13. The lowest BCUT2D eigenvalue weighted by atomic mass is 10.0. The molecule has 0 saturated heterocycles. The van der Waals surface area contributed by atoms with Crippen molar-refractivity contribution in [3.05, 3.63) is 48.8 Å². The van der Waals surface area contributed by atoms with Crippen molar-refractivity contribution in [1.82, 2.24) is 9.97 Å². The molecule has 0 spiro atoms. The van der Waals surface area contributed by atoms with Crippen molar-refractivity contribution in [2.45, 2.75) is 18.5 Å². The van der Waals surface area contributed by atoms with E-state index in [2.05, 4.69) is 20.6 Å². The number of amides is 1. The average Bonchev–Trinajstić information content (AvgIpc) is 3.40. The Morgan fingerprint density at radius 3 is 2.56 bits per heavy atom. The van der Waals surface area contributed by atoms with Gasteiger partial charge in [-0.3, -0.25) is 4.79 Å². The molecule has 25 heavy (non-hydrogen) atoms. The van der Waals surface area contributed by atoms with Crippen LogP contribution in [0.5, 0.6) is 0 Å². The van der Waals surface area contributed by atoms with Crippen LogP contribution in [0.15, 0.2) is 48.8 Å². The molecule has 0 bridgehead atoms. The number of carbonyl (C=O) groups is 1. The van der Waals surface area contributed by atoms with Crippen LogP contribution < -0.4 is 10.6 Å². The Kier molecular flexibility index (Phi) is 3.60. The normalized spacial score (nSPS) is 15.0. The lowest BCUT2D eigenvalue weighted by Gasteiger charge is -2.12. The number of pyridine rings is 2. The lowest BCUT2D eigenvalue weighted by Crippen LogP contribution is -2.25. The summed E-state index contributed by atoms with van der Waals surface area (Å²) in [6.07, 6.45) is 3.98. The van der Waals surface area contributed by atoms with Crippen LogP contribution in [0.4, 0.5) is 16.0 Å². The molecule has 0 unspecified atom stereocenters. The van der Waals surface area contributed by atoms with Gasteiger partial charge in [-0.2, -0.15) is 0 Å². The van der Waals surface area contributed by atoms with Gasteiger partial charge < -0.3 is 10.6 Å². The van der Waals surface area contributed by atoms with E-state index in [0.29, 0.717) is 11.6 Å². The minimum absolute atomic E-state index is 0.273. The molecular weight excluding hydrogens is 319 g/mol. The molecule has 2 aromatic heterocycles. The highest BCUT2D eigenvalue weighted by atomic mass is 19.1. The summed E-state index contributed by atoms with van der Waals surface area (Å²) >= 11 is 0. The quantitative estimate of drug-likeness (QED) is 0.761. The zero-order valence-corrected chi connectivity index (χ0v) is 13.7. The molecule has 1 aromatic carbocycles. The van der Waals surface area contributed by atoms with Gasteiger partial charge in [-0.25, -0.2) is 14.4 Å². The summed E-state index contributed by atoms with van der Waals surface area (Å²) in [5.74, 6) is 0.416. The zero-order chi connectivity index (χ0) is 17.4. The molecule has 0 radical (unpaired) electrons. The Hall–Kier alpha value is -3.02. The summed E-state index contributed by atoms with van der Waals surface area (Å²) in [5.41, 5.74) is 0.206. The van der Waals surface area contributed by atoms with Crippen molar-refractivity contribution in [2.75, 3.05) is 17.7 Å². The summed E-state index contributed by atoms with van der Waals surface area (Å²) in [4.78, 5) is 20.7. The van der Waals surface area contributed by atoms with Crippen LogP contribution in [0.2, 0.25) is 0 Å². The predicted molar refractivity (Wildman–Crippen MR) is 96.2 cm³/mol. The number of hydrogen-bond acceptors (Lipinski definition) is 4. The fraction of sp³-hybridized carbons (Fsp3) is 0.211. The van der Waals surface area contributed by atoms with Crippen LogP contribution in [0.3, 0.4) is 0 Å². The van der Waals surface area contributed by atoms with E-state index in [1.807, 2.05) is 30.3 Å². The predicted octanol–water partition coefficient (Wildman–Crippen LogP) is 3.78. The molecule has 0 aliphatic heterocycles. The number of benzene rings is 1. The highest BCUT2D eigenvalue weighted by Gasteiger charge is 2.51. The molecule has 1 aliphatic carbocycles. The Bertz CT molecular complexity index is 954. The van der Waals surface area contributed by atoms with Crippen molar-refractivity contribution in [2.24, 2.45) is 0 Å². The van der Waals surface area contributed by atoms with Gasteiger partial charge in [0.2, 0.25) is 0 Å². The van der Waals surface area contributed by atoms with E-state index < -0.39 is 11.6 Å². The number of alkyl halides is 1. The highest BCUT2D eigenvalue weighted by Crippen LogP contribution is 2.41. The number of anilines is 2. The van der Waals surface area contributed by atoms with E-state index in [-0.39, 0.29) is 12.8 Å². The minimum atomic E-state index is -1.73. The number of fused-ring (bicyclic) bond motifs is 1. The number of aromatic nitrogens is 2. The smallest absolute Gasteiger partial charge is 0.263 e. The van der Waals surface area contributed by atoms with Gasteiger partial charge in [-0.15, -0.1) is 0 Å². The van der Waals surface area contributed by atoms with Crippen molar-refractivity contribution in [3.63, 3.8) is 0 Å². The van der Waals surface area contributed by atoms with E-state index >= 15 is 0 Å². The Balaban J connectivity index is 1.82. The SMILES string of the molecule is CNc1ncc(-c2ccccc2)c2cc(NC(=O)C3(F)CC3)ncc12. The van der Waals surface area contributed by atoms with Crippen LogP contribution in [-0.4, -0.2) is 28.6 Å². The topological polar surface area (TPSA) is 66.9 Å². The zero-order valence-electron chi connectivity index (χ0n) is 13.7. The number of hydrogen-bond donors (Lipinski definition) is 2. The van der Waals surface area contributed by atoms with Gasteiger partial charge in [0.05, 0.1) is 0 Å². The fourth-order valence-electron chi connectivity index (χ4n) is 2.82. The van der Waals surface area contributed by atoms with E-state index in [1.54, 1.807) is 25.5 Å². The molecule has 126 valence electrons. The third kappa shape index (κ3) is 2.80.